The molecule has 0 radical (unpaired) electrons. The van der Waals surface area contributed by atoms with Crippen LogP contribution in [0.1, 0.15) is 88.1 Å². The molecule has 10 nitrogen and oxygen atoms in total. The summed E-state index contributed by atoms with van der Waals surface area (Å²) in [4.78, 5) is 34.8. The number of benzene rings is 2. The lowest BCUT2D eigenvalue weighted by molar-refractivity contribution is -0.160. The number of furan rings is 1. The Hall–Kier alpha value is -4.54. The molecule has 1 N–H and O–H groups in total. The van der Waals surface area contributed by atoms with Gasteiger partial charge in [0, 0.05) is 54.9 Å². The molecule has 2 saturated heterocycles. The number of carbonyl (C=O) groups is 1. The van der Waals surface area contributed by atoms with Gasteiger partial charge in [0.15, 0.2) is 17.5 Å². The first-order chi connectivity index (χ1) is 24.8. The van der Waals surface area contributed by atoms with Crippen LogP contribution in [0.15, 0.2) is 53.2 Å². The number of piperidine rings is 1. The molecule has 6 heterocycles. The van der Waals surface area contributed by atoms with Crippen LogP contribution in [0.25, 0.3) is 33.2 Å². The monoisotopic (exact) mass is 702 g/mol. The van der Waals surface area contributed by atoms with E-state index in [2.05, 4.69) is 51.7 Å². The van der Waals surface area contributed by atoms with Crippen LogP contribution in [0.2, 0.25) is 0 Å². The van der Waals surface area contributed by atoms with Crippen molar-refractivity contribution in [2.24, 2.45) is 5.41 Å². The van der Waals surface area contributed by atoms with Gasteiger partial charge in [0.25, 0.3) is 0 Å². The van der Waals surface area contributed by atoms with Gasteiger partial charge in [0.2, 0.25) is 0 Å². The van der Waals surface area contributed by atoms with Gasteiger partial charge in [-0.05, 0) is 101 Å². The third-order valence-electron chi connectivity index (χ3n) is 11.1. The predicted octanol–water partition coefficient (Wildman–Crippen LogP) is 8.08. The zero-order chi connectivity index (χ0) is 36.4. The summed E-state index contributed by atoms with van der Waals surface area (Å²) in [7, 11) is 0. The van der Waals surface area contributed by atoms with Gasteiger partial charge in [-0.3, -0.25) is 9.88 Å². The van der Waals surface area contributed by atoms with Gasteiger partial charge in [0.05, 0.1) is 17.0 Å². The number of likely N-dealkylation sites (tertiary alicyclic amines) is 1. The van der Waals surface area contributed by atoms with Gasteiger partial charge in [-0.2, -0.15) is 0 Å². The Morgan fingerprint density at radius 1 is 1.00 bits per heavy atom. The van der Waals surface area contributed by atoms with Crippen LogP contribution < -0.4 is 9.80 Å². The molecule has 52 heavy (non-hydrogen) atoms. The quantitative estimate of drug-likeness (QED) is 0.171. The van der Waals surface area contributed by atoms with Crippen LogP contribution in [0.3, 0.4) is 0 Å². The van der Waals surface area contributed by atoms with Crippen molar-refractivity contribution in [2.75, 3.05) is 42.5 Å². The first kappa shape index (κ1) is 34.5. The summed E-state index contributed by atoms with van der Waals surface area (Å²) < 4.78 is 12.7. The van der Waals surface area contributed by atoms with E-state index in [1.165, 1.54) is 17.5 Å². The summed E-state index contributed by atoms with van der Waals surface area (Å²) in [5.41, 5.74) is 9.96. The molecule has 0 amide bonds. The number of anilines is 2. The Kier molecular flexibility index (Phi) is 8.73. The van der Waals surface area contributed by atoms with E-state index in [1.807, 2.05) is 52.0 Å². The number of pyridine rings is 1. The first-order valence-electron chi connectivity index (χ1n) is 18.8. The molecule has 2 fully saturated rings. The van der Waals surface area contributed by atoms with Gasteiger partial charge < -0.3 is 24.1 Å². The molecular weight excluding hydrogens is 653 g/mol. The highest BCUT2D eigenvalue weighted by Gasteiger charge is 2.37. The van der Waals surface area contributed by atoms with Crippen LogP contribution in [0, 0.1) is 12.3 Å². The van der Waals surface area contributed by atoms with Crippen molar-refractivity contribution in [3.05, 3.63) is 76.9 Å². The number of nitrogens with zero attached hydrogens (tertiary/aromatic N) is 6. The second-order valence-corrected chi connectivity index (χ2v) is 16.6. The number of rotatable bonds is 8. The predicted molar refractivity (Wildman–Crippen MR) is 205 cm³/mol. The first-order valence-corrected chi connectivity index (χ1v) is 18.8. The van der Waals surface area contributed by atoms with Gasteiger partial charge >= 0.3 is 5.97 Å². The topological polar surface area (TPSA) is 108 Å². The lowest BCUT2D eigenvalue weighted by atomic mass is 9.81. The number of aromatic nitrogens is 3. The number of hydrogen-bond acceptors (Lipinski definition) is 9. The summed E-state index contributed by atoms with van der Waals surface area (Å²) in [6.45, 7) is 18.4. The number of carboxylic acid groups (broad SMARTS) is 1. The molecule has 10 heteroatoms. The average Bonchev–Trinajstić information content (AvgIpc) is 3.47. The zero-order valence-corrected chi connectivity index (χ0v) is 31.3. The molecule has 3 aromatic heterocycles. The van der Waals surface area contributed by atoms with Gasteiger partial charge in [-0.25, -0.2) is 14.8 Å². The molecule has 272 valence electrons. The number of hydrogen-bond donors (Lipinski definition) is 1. The maximum absolute atomic E-state index is 13.1. The number of fused-ring (bicyclic) bond motifs is 4. The summed E-state index contributed by atoms with van der Waals surface area (Å²) >= 11 is 0. The Morgan fingerprint density at radius 3 is 2.48 bits per heavy atom. The normalized spacial score (nSPS) is 18.4. The lowest BCUT2D eigenvalue weighted by Crippen LogP contribution is -2.40. The second kappa shape index (κ2) is 13.1. The number of carboxylic acids is 1. The fourth-order valence-electron chi connectivity index (χ4n) is 8.12. The third-order valence-corrected chi connectivity index (χ3v) is 11.1. The maximum atomic E-state index is 13.1. The molecule has 8 rings (SSSR count). The fourth-order valence-corrected chi connectivity index (χ4v) is 8.12. The minimum atomic E-state index is -1.15. The van der Waals surface area contributed by atoms with E-state index in [1.54, 1.807) is 6.33 Å². The van der Waals surface area contributed by atoms with Gasteiger partial charge in [-0.1, -0.05) is 44.2 Å². The number of para-hydroxylation sites is 1. The Labute approximate surface area is 305 Å². The zero-order valence-electron chi connectivity index (χ0n) is 31.3. The maximum Gasteiger partial charge on any atom is 0.337 e. The second-order valence-electron chi connectivity index (χ2n) is 16.6. The van der Waals surface area contributed by atoms with Crippen molar-refractivity contribution in [2.45, 2.75) is 92.0 Å². The van der Waals surface area contributed by atoms with Crippen molar-refractivity contribution in [1.29, 1.82) is 0 Å². The molecular formula is C42H50N6O4. The largest absolute Gasteiger partial charge is 0.479 e. The summed E-state index contributed by atoms with van der Waals surface area (Å²) in [6, 6.07) is 14.8. The van der Waals surface area contributed by atoms with E-state index >= 15 is 0 Å². The van der Waals surface area contributed by atoms with Crippen LogP contribution in [0.4, 0.5) is 11.5 Å². The van der Waals surface area contributed by atoms with E-state index in [0.29, 0.717) is 12.1 Å². The minimum Gasteiger partial charge on any atom is -0.479 e. The van der Waals surface area contributed by atoms with Crippen molar-refractivity contribution in [1.82, 2.24) is 19.9 Å². The smallest absolute Gasteiger partial charge is 0.337 e. The Balaban J connectivity index is 1.24. The molecule has 2 aromatic carbocycles. The van der Waals surface area contributed by atoms with E-state index in [4.69, 9.17) is 19.1 Å². The van der Waals surface area contributed by atoms with Gasteiger partial charge in [0.1, 0.15) is 17.4 Å². The standard InChI is InChI=1S/C42H50N6O4/c1-26-33(37(40(49)50)52-41(2,3)4)36(47-20-15-42(5,6)16-21-47)34(31(45-26)24-46-17-9-18-46)28-12-13-29-23-48(19-14-27(29)22-28)39-38-35(43-25-44-39)30-10-7-8-11-32(30)51-38/h7-8,10-13,22,25,37H,9,14-21,23-24H2,1-6H3,(H,49,50)/t37-/m0/s1. The molecule has 0 aliphatic carbocycles. The molecule has 1 atom stereocenters. The summed E-state index contributed by atoms with van der Waals surface area (Å²) in [6.07, 6.45) is 4.55. The average molecular weight is 703 g/mol. The molecule has 5 aromatic rings. The highest BCUT2D eigenvalue weighted by molar-refractivity contribution is 6.05. The van der Waals surface area contributed by atoms with E-state index in [9.17, 15) is 9.90 Å². The molecule has 0 bridgehead atoms. The third kappa shape index (κ3) is 6.51. The number of aliphatic carboxylic acids is 1. The van der Waals surface area contributed by atoms with E-state index < -0.39 is 17.7 Å². The molecule has 3 aliphatic rings. The minimum absolute atomic E-state index is 0.225. The molecule has 0 saturated carbocycles. The number of ether oxygens (including phenoxy) is 1. The van der Waals surface area contributed by atoms with Gasteiger partial charge in [-0.15, -0.1) is 0 Å². The SMILES string of the molecule is Cc1nc(CN2CCC2)c(-c2ccc3c(c2)CCN(c2ncnc4c2oc2ccccc24)C3)c(N2CCC(C)(C)CC2)c1[C@H](OC(C)(C)C)C(=O)O. The highest BCUT2D eigenvalue weighted by Crippen LogP contribution is 2.46. The van der Waals surface area contributed by atoms with E-state index in [-0.39, 0.29) is 5.41 Å². The summed E-state index contributed by atoms with van der Waals surface area (Å²) in [5, 5.41) is 11.7. The fraction of sp³-hybridized carbons (Fsp3) is 0.476. The van der Waals surface area contributed by atoms with Crippen LogP contribution >= 0.6 is 0 Å². The molecule has 3 aliphatic heterocycles. The van der Waals surface area contributed by atoms with Crippen molar-refractivity contribution >= 4 is 39.5 Å². The lowest BCUT2D eigenvalue weighted by Gasteiger charge is -2.42. The molecule has 0 spiro atoms. The van der Waals surface area contributed by atoms with Crippen LogP contribution in [-0.4, -0.2) is 69.3 Å². The van der Waals surface area contributed by atoms with Crippen LogP contribution in [0.5, 0.6) is 0 Å². The Morgan fingerprint density at radius 2 is 1.77 bits per heavy atom. The van der Waals surface area contributed by atoms with E-state index in [0.717, 1.165) is 115 Å². The Bertz CT molecular complexity index is 2150. The molecule has 0 unspecified atom stereocenters. The summed E-state index contributed by atoms with van der Waals surface area (Å²) in [5.74, 6) is -0.178. The van der Waals surface area contributed by atoms with Crippen molar-refractivity contribution in [3.63, 3.8) is 0 Å². The highest BCUT2D eigenvalue weighted by atomic mass is 16.5. The van der Waals surface area contributed by atoms with Crippen molar-refractivity contribution in [3.8, 4) is 11.1 Å². The number of aryl methyl sites for hydroxylation is 1. The van der Waals surface area contributed by atoms with Crippen LogP contribution in [-0.2, 0) is 29.0 Å². The van der Waals surface area contributed by atoms with Crippen molar-refractivity contribution < 1.29 is 19.1 Å².